The third kappa shape index (κ3) is 49.7. The van der Waals surface area contributed by atoms with Gasteiger partial charge in [0, 0.05) is 19.3 Å². The molecule has 0 bridgehead atoms. The first-order valence-corrected chi connectivity index (χ1v) is 26.4. The minimum atomic E-state index is -0.791. The second-order valence-electron chi connectivity index (χ2n) is 17.4. The van der Waals surface area contributed by atoms with E-state index in [9.17, 15) is 14.4 Å². The predicted molar refractivity (Wildman–Crippen MR) is 270 cm³/mol. The van der Waals surface area contributed by atoms with E-state index in [0.29, 0.717) is 19.3 Å². The van der Waals surface area contributed by atoms with Crippen LogP contribution in [0.5, 0.6) is 0 Å². The number of carbonyl (C=O) groups excluding carboxylic acids is 3. The van der Waals surface area contributed by atoms with E-state index in [4.69, 9.17) is 14.2 Å². The molecule has 0 radical (unpaired) electrons. The fraction of sp³-hybridized carbons (Fsp3) is 0.737. The average molecular weight is 879 g/mol. The summed E-state index contributed by atoms with van der Waals surface area (Å²) in [6.07, 6.45) is 64.5. The molecule has 0 aliphatic carbocycles. The molecular formula is C57H98O6. The molecule has 0 aliphatic rings. The van der Waals surface area contributed by atoms with Crippen LogP contribution >= 0.6 is 0 Å². The summed E-state index contributed by atoms with van der Waals surface area (Å²) in [5, 5.41) is 0. The summed E-state index contributed by atoms with van der Waals surface area (Å²) >= 11 is 0. The summed E-state index contributed by atoms with van der Waals surface area (Å²) in [7, 11) is 0. The van der Waals surface area contributed by atoms with Crippen LogP contribution in [-0.2, 0) is 28.6 Å². The van der Waals surface area contributed by atoms with E-state index in [-0.39, 0.29) is 31.1 Å². The Morgan fingerprint density at radius 3 is 0.921 bits per heavy atom. The highest BCUT2D eigenvalue weighted by molar-refractivity contribution is 5.71. The Bertz CT molecular complexity index is 1190. The third-order valence-corrected chi connectivity index (χ3v) is 11.2. The van der Waals surface area contributed by atoms with Gasteiger partial charge in [0.05, 0.1) is 0 Å². The topological polar surface area (TPSA) is 78.9 Å². The monoisotopic (exact) mass is 879 g/mol. The molecule has 63 heavy (non-hydrogen) atoms. The lowest BCUT2D eigenvalue weighted by molar-refractivity contribution is -0.167. The fourth-order valence-corrected chi connectivity index (χ4v) is 7.09. The van der Waals surface area contributed by atoms with Crippen LogP contribution in [-0.4, -0.2) is 37.2 Å². The average Bonchev–Trinajstić information content (AvgIpc) is 3.28. The zero-order valence-corrected chi connectivity index (χ0v) is 41.3. The zero-order chi connectivity index (χ0) is 45.8. The lowest BCUT2D eigenvalue weighted by atomic mass is 10.1. The lowest BCUT2D eigenvalue weighted by Gasteiger charge is -2.18. The van der Waals surface area contributed by atoms with Crippen LogP contribution in [0.25, 0.3) is 0 Å². The van der Waals surface area contributed by atoms with Crippen LogP contribution in [0.1, 0.15) is 252 Å². The summed E-state index contributed by atoms with van der Waals surface area (Å²) in [6, 6.07) is 0. The SMILES string of the molecule is CCCC/C=C\C/C=C\CCCCCCCC(=O)OC[C@H](COC(=O)CCCCCCCCC/C=C\C/C=C\CCCCC)OC(=O)CCCCCCC/C=C\C/C=C\CCCC. The number of hydrogen-bond donors (Lipinski definition) is 0. The Labute approximate surface area is 389 Å². The molecule has 0 aromatic heterocycles. The standard InChI is InChI=1S/C57H98O6/c1-4-7-10-13-16-19-22-25-28-29-30-33-35-38-41-44-47-50-56(59)62-53-54(63-57(60)51-48-45-42-39-36-32-27-24-21-18-15-12-9-6-3)52-61-55(58)49-46-43-40-37-34-31-26-23-20-17-14-11-8-5-2/h14-19,23-28,54H,4-13,20-22,29-53H2,1-3H3/b17-14-,18-15-,19-16-,26-23-,27-24-,28-25-/t54-/m1/s1. The first-order valence-electron chi connectivity index (χ1n) is 26.4. The van der Waals surface area contributed by atoms with Crippen molar-refractivity contribution in [1.29, 1.82) is 0 Å². The van der Waals surface area contributed by atoms with Gasteiger partial charge in [0.25, 0.3) is 0 Å². The molecule has 0 rings (SSSR count). The van der Waals surface area contributed by atoms with Gasteiger partial charge in [0.15, 0.2) is 6.10 Å². The number of carbonyl (C=O) groups is 3. The number of esters is 3. The Kier molecular flexibility index (Phi) is 48.9. The van der Waals surface area contributed by atoms with E-state index < -0.39 is 6.10 Å². The molecular weight excluding hydrogens is 781 g/mol. The molecule has 6 heteroatoms. The second-order valence-corrected chi connectivity index (χ2v) is 17.4. The number of ether oxygens (including phenoxy) is 3. The molecule has 1 atom stereocenters. The molecule has 0 unspecified atom stereocenters. The van der Waals surface area contributed by atoms with Gasteiger partial charge in [-0.3, -0.25) is 14.4 Å². The first kappa shape index (κ1) is 59.9. The Hall–Kier alpha value is -3.15. The molecule has 0 aromatic carbocycles. The van der Waals surface area contributed by atoms with Crippen LogP contribution in [0, 0.1) is 0 Å². The summed E-state index contributed by atoms with van der Waals surface area (Å²) in [4.78, 5) is 38.0. The fourth-order valence-electron chi connectivity index (χ4n) is 7.09. The molecule has 6 nitrogen and oxygen atoms in total. The predicted octanol–water partition coefficient (Wildman–Crippen LogP) is 17.4. The molecule has 0 heterocycles. The highest BCUT2D eigenvalue weighted by Gasteiger charge is 2.19. The van der Waals surface area contributed by atoms with Gasteiger partial charge in [-0.25, -0.2) is 0 Å². The number of allylic oxidation sites excluding steroid dienone is 12. The minimum Gasteiger partial charge on any atom is -0.462 e. The van der Waals surface area contributed by atoms with E-state index in [1.807, 2.05) is 0 Å². The highest BCUT2D eigenvalue weighted by Crippen LogP contribution is 2.14. The summed E-state index contributed by atoms with van der Waals surface area (Å²) in [5.41, 5.74) is 0. The van der Waals surface area contributed by atoms with Crippen LogP contribution in [0.15, 0.2) is 72.9 Å². The maximum absolute atomic E-state index is 12.8. The van der Waals surface area contributed by atoms with E-state index in [1.54, 1.807) is 0 Å². The first-order chi connectivity index (χ1) is 31.0. The number of hydrogen-bond acceptors (Lipinski definition) is 6. The van der Waals surface area contributed by atoms with Crippen molar-refractivity contribution in [3.63, 3.8) is 0 Å². The van der Waals surface area contributed by atoms with Crippen molar-refractivity contribution in [1.82, 2.24) is 0 Å². The van der Waals surface area contributed by atoms with Crippen molar-refractivity contribution in [2.45, 2.75) is 258 Å². The zero-order valence-electron chi connectivity index (χ0n) is 41.3. The van der Waals surface area contributed by atoms with Crippen molar-refractivity contribution in [3.05, 3.63) is 72.9 Å². The largest absolute Gasteiger partial charge is 0.462 e. The Morgan fingerprint density at radius 1 is 0.317 bits per heavy atom. The second kappa shape index (κ2) is 51.5. The van der Waals surface area contributed by atoms with E-state index >= 15 is 0 Å². The molecule has 0 fully saturated rings. The van der Waals surface area contributed by atoms with E-state index in [2.05, 4.69) is 93.7 Å². The van der Waals surface area contributed by atoms with Crippen LogP contribution in [0.4, 0.5) is 0 Å². The van der Waals surface area contributed by atoms with Gasteiger partial charge in [-0.1, -0.05) is 203 Å². The molecule has 0 spiro atoms. The number of unbranched alkanes of at least 4 members (excludes halogenated alkanes) is 24. The van der Waals surface area contributed by atoms with Gasteiger partial charge in [-0.15, -0.1) is 0 Å². The van der Waals surface area contributed by atoms with Gasteiger partial charge < -0.3 is 14.2 Å². The van der Waals surface area contributed by atoms with Crippen LogP contribution < -0.4 is 0 Å². The van der Waals surface area contributed by atoms with Crippen LogP contribution in [0.3, 0.4) is 0 Å². The van der Waals surface area contributed by atoms with Crippen molar-refractivity contribution >= 4 is 17.9 Å². The van der Waals surface area contributed by atoms with Gasteiger partial charge in [-0.05, 0) is 103 Å². The minimum absolute atomic E-state index is 0.0901. The Morgan fingerprint density at radius 2 is 0.587 bits per heavy atom. The third-order valence-electron chi connectivity index (χ3n) is 11.2. The molecule has 362 valence electrons. The molecule has 0 saturated carbocycles. The van der Waals surface area contributed by atoms with E-state index in [0.717, 1.165) is 122 Å². The van der Waals surface area contributed by atoms with Crippen LogP contribution in [0.2, 0.25) is 0 Å². The normalized spacial score (nSPS) is 12.6. The van der Waals surface area contributed by atoms with Crippen molar-refractivity contribution < 1.29 is 28.6 Å². The molecule has 0 amide bonds. The lowest BCUT2D eigenvalue weighted by Crippen LogP contribution is -2.30. The smallest absolute Gasteiger partial charge is 0.306 e. The van der Waals surface area contributed by atoms with Gasteiger partial charge in [0.2, 0.25) is 0 Å². The summed E-state index contributed by atoms with van der Waals surface area (Å²) in [5.74, 6) is -0.924. The molecule has 0 aromatic rings. The number of rotatable bonds is 47. The van der Waals surface area contributed by atoms with Gasteiger partial charge >= 0.3 is 17.9 Å². The molecule has 0 saturated heterocycles. The quantitative estimate of drug-likeness (QED) is 0.0262. The maximum Gasteiger partial charge on any atom is 0.306 e. The van der Waals surface area contributed by atoms with Crippen molar-refractivity contribution in [3.8, 4) is 0 Å². The maximum atomic E-state index is 12.8. The van der Waals surface area contributed by atoms with Gasteiger partial charge in [-0.2, -0.15) is 0 Å². The molecule has 0 N–H and O–H groups in total. The van der Waals surface area contributed by atoms with Crippen molar-refractivity contribution in [2.24, 2.45) is 0 Å². The Balaban J connectivity index is 4.43. The summed E-state index contributed by atoms with van der Waals surface area (Å²) in [6.45, 7) is 6.50. The van der Waals surface area contributed by atoms with E-state index in [1.165, 1.54) is 89.9 Å². The highest BCUT2D eigenvalue weighted by atomic mass is 16.6. The molecule has 0 aliphatic heterocycles. The van der Waals surface area contributed by atoms with Crippen molar-refractivity contribution in [2.75, 3.05) is 13.2 Å². The summed E-state index contributed by atoms with van der Waals surface area (Å²) < 4.78 is 16.8. The van der Waals surface area contributed by atoms with Gasteiger partial charge in [0.1, 0.15) is 13.2 Å².